The van der Waals surface area contributed by atoms with Gasteiger partial charge in [0, 0.05) is 43.0 Å². The lowest BCUT2D eigenvalue weighted by molar-refractivity contribution is -0.128. The van der Waals surface area contributed by atoms with Gasteiger partial charge < -0.3 is 10.2 Å². The number of amides is 1. The minimum Gasteiger partial charge on any atom is -0.380 e. The van der Waals surface area contributed by atoms with Crippen molar-refractivity contribution in [3.63, 3.8) is 0 Å². The standard InChI is InChI=1S/C16H17N3OS/c1-12(20)19(2)10-14-5-3-4-6-16(14)18-9-15-7-13(8-17)11-21-15/h3-7,11,18H,9-10H2,1-2H3. The molecule has 0 atom stereocenters. The summed E-state index contributed by atoms with van der Waals surface area (Å²) in [7, 11) is 1.79. The minimum absolute atomic E-state index is 0.0433. The van der Waals surface area contributed by atoms with E-state index >= 15 is 0 Å². The van der Waals surface area contributed by atoms with Crippen LogP contribution in [0, 0.1) is 11.3 Å². The van der Waals surface area contributed by atoms with Gasteiger partial charge >= 0.3 is 0 Å². The fraction of sp³-hybridized carbons (Fsp3) is 0.250. The average Bonchev–Trinajstić information content (AvgIpc) is 2.94. The molecule has 0 fully saturated rings. The first-order valence-electron chi connectivity index (χ1n) is 6.61. The highest BCUT2D eigenvalue weighted by atomic mass is 32.1. The Hall–Kier alpha value is -2.32. The molecule has 1 aromatic heterocycles. The van der Waals surface area contributed by atoms with E-state index in [9.17, 15) is 4.79 Å². The summed E-state index contributed by atoms with van der Waals surface area (Å²) in [5, 5.41) is 14.1. The van der Waals surface area contributed by atoms with Crippen LogP contribution in [0.5, 0.6) is 0 Å². The minimum atomic E-state index is 0.0433. The van der Waals surface area contributed by atoms with Crippen molar-refractivity contribution < 1.29 is 4.79 Å². The van der Waals surface area contributed by atoms with Crippen molar-refractivity contribution >= 4 is 22.9 Å². The highest BCUT2D eigenvalue weighted by molar-refractivity contribution is 7.10. The van der Waals surface area contributed by atoms with Crippen molar-refractivity contribution in [2.24, 2.45) is 0 Å². The molecule has 0 bridgehead atoms. The number of hydrogen-bond acceptors (Lipinski definition) is 4. The van der Waals surface area contributed by atoms with Crippen LogP contribution in [0.3, 0.4) is 0 Å². The molecule has 1 amide bonds. The second-order valence-electron chi connectivity index (χ2n) is 4.80. The Morgan fingerprint density at radius 1 is 1.43 bits per heavy atom. The highest BCUT2D eigenvalue weighted by Gasteiger charge is 2.07. The maximum Gasteiger partial charge on any atom is 0.219 e. The van der Waals surface area contributed by atoms with Crippen LogP contribution in [0.2, 0.25) is 0 Å². The number of para-hydroxylation sites is 1. The smallest absolute Gasteiger partial charge is 0.219 e. The average molecular weight is 299 g/mol. The summed E-state index contributed by atoms with van der Waals surface area (Å²) >= 11 is 1.57. The van der Waals surface area contributed by atoms with E-state index in [1.54, 1.807) is 30.2 Å². The third-order valence-electron chi connectivity index (χ3n) is 3.20. The fourth-order valence-corrected chi connectivity index (χ4v) is 2.66. The van der Waals surface area contributed by atoms with E-state index in [1.807, 2.05) is 35.7 Å². The van der Waals surface area contributed by atoms with Crippen molar-refractivity contribution in [2.45, 2.75) is 20.0 Å². The summed E-state index contributed by atoms with van der Waals surface area (Å²) in [6.45, 7) is 2.81. The maximum absolute atomic E-state index is 11.4. The summed E-state index contributed by atoms with van der Waals surface area (Å²) in [6, 6.07) is 12.0. The number of rotatable bonds is 5. The molecule has 108 valence electrons. The van der Waals surface area contributed by atoms with Crippen LogP contribution in [-0.2, 0) is 17.9 Å². The molecule has 0 aliphatic heterocycles. The second kappa shape index (κ2) is 6.91. The Morgan fingerprint density at radius 3 is 2.86 bits per heavy atom. The Labute approximate surface area is 128 Å². The number of benzene rings is 1. The van der Waals surface area contributed by atoms with Gasteiger partial charge in [0.15, 0.2) is 0 Å². The van der Waals surface area contributed by atoms with Gasteiger partial charge in [-0.1, -0.05) is 18.2 Å². The normalized spacial score (nSPS) is 9.95. The summed E-state index contributed by atoms with van der Waals surface area (Å²) < 4.78 is 0. The van der Waals surface area contributed by atoms with Gasteiger partial charge in [0.05, 0.1) is 5.56 Å². The van der Waals surface area contributed by atoms with Crippen molar-refractivity contribution in [1.29, 1.82) is 5.26 Å². The third-order valence-corrected chi connectivity index (χ3v) is 4.14. The molecule has 0 unspecified atom stereocenters. The molecule has 21 heavy (non-hydrogen) atoms. The molecule has 2 aromatic rings. The van der Waals surface area contributed by atoms with Crippen molar-refractivity contribution in [1.82, 2.24) is 4.90 Å². The highest BCUT2D eigenvalue weighted by Crippen LogP contribution is 2.20. The van der Waals surface area contributed by atoms with E-state index in [4.69, 9.17) is 5.26 Å². The molecular formula is C16H17N3OS. The number of nitriles is 1. The quantitative estimate of drug-likeness (QED) is 0.922. The van der Waals surface area contributed by atoms with Crippen LogP contribution in [0.1, 0.15) is 22.9 Å². The van der Waals surface area contributed by atoms with Gasteiger partial charge in [-0.2, -0.15) is 5.26 Å². The van der Waals surface area contributed by atoms with Crippen LogP contribution >= 0.6 is 11.3 Å². The molecule has 0 radical (unpaired) electrons. The summed E-state index contributed by atoms with van der Waals surface area (Å²) in [6.07, 6.45) is 0. The first-order chi connectivity index (χ1) is 10.1. The largest absolute Gasteiger partial charge is 0.380 e. The number of carbonyl (C=O) groups excluding carboxylic acids is 1. The molecule has 0 spiro atoms. The Bertz CT molecular complexity index is 672. The molecule has 1 N–H and O–H groups in total. The van der Waals surface area contributed by atoms with Crippen LogP contribution in [-0.4, -0.2) is 17.9 Å². The van der Waals surface area contributed by atoms with Crippen LogP contribution in [0.25, 0.3) is 0 Å². The van der Waals surface area contributed by atoms with Gasteiger partial charge in [-0.3, -0.25) is 4.79 Å². The fourth-order valence-electron chi connectivity index (χ4n) is 1.91. The van der Waals surface area contributed by atoms with Gasteiger partial charge in [-0.05, 0) is 17.7 Å². The lowest BCUT2D eigenvalue weighted by Crippen LogP contribution is -2.23. The second-order valence-corrected chi connectivity index (χ2v) is 5.80. The molecule has 5 heteroatoms. The zero-order chi connectivity index (χ0) is 15.2. The van der Waals surface area contributed by atoms with E-state index in [1.165, 1.54) is 0 Å². The van der Waals surface area contributed by atoms with Crippen molar-refractivity contribution in [3.8, 4) is 6.07 Å². The van der Waals surface area contributed by atoms with E-state index in [0.717, 1.165) is 16.1 Å². The molecule has 4 nitrogen and oxygen atoms in total. The molecule has 0 aliphatic rings. The molecular weight excluding hydrogens is 282 g/mol. The topological polar surface area (TPSA) is 56.1 Å². The number of anilines is 1. The Morgan fingerprint density at radius 2 is 2.19 bits per heavy atom. The zero-order valence-corrected chi connectivity index (χ0v) is 12.9. The Balaban J connectivity index is 2.06. The molecule has 2 rings (SSSR count). The van der Waals surface area contributed by atoms with Gasteiger partial charge in [-0.15, -0.1) is 11.3 Å². The van der Waals surface area contributed by atoms with E-state index in [-0.39, 0.29) is 5.91 Å². The van der Waals surface area contributed by atoms with Crippen molar-refractivity contribution in [3.05, 3.63) is 51.7 Å². The molecule has 1 heterocycles. The first-order valence-corrected chi connectivity index (χ1v) is 7.49. The lowest BCUT2D eigenvalue weighted by atomic mass is 10.1. The van der Waals surface area contributed by atoms with E-state index in [0.29, 0.717) is 18.7 Å². The van der Waals surface area contributed by atoms with Gasteiger partial charge in [-0.25, -0.2) is 0 Å². The van der Waals surface area contributed by atoms with E-state index < -0.39 is 0 Å². The molecule has 0 aliphatic carbocycles. The number of carbonyl (C=O) groups is 1. The maximum atomic E-state index is 11.4. The lowest BCUT2D eigenvalue weighted by Gasteiger charge is -2.18. The first kappa shape index (κ1) is 15.1. The zero-order valence-electron chi connectivity index (χ0n) is 12.1. The van der Waals surface area contributed by atoms with Crippen LogP contribution in [0.4, 0.5) is 5.69 Å². The third kappa shape index (κ3) is 4.07. The summed E-state index contributed by atoms with van der Waals surface area (Å²) in [4.78, 5) is 14.1. The van der Waals surface area contributed by atoms with E-state index in [2.05, 4.69) is 11.4 Å². The summed E-state index contributed by atoms with van der Waals surface area (Å²) in [5.41, 5.74) is 2.78. The number of nitrogens with one attached hydrogen (secondary N) is 1. The Kier molecular flexibility index (Phi) is 4.96. The monoisotopic (exact) mass is 299 g/mol. The van der Waals surface area contributed by atoms with Crippen LogP contribution < -0.4 is 5.32 Å². The predicted molar refractivity (Wildman–Crippen MR) is 85.0 cm³/mol. The molecule has 0 saturated heterocycles. The van der Waals surface area contributed by atoms with Crippen LogP contribution in [0.15, 0.2) is 35.7 Å². The van der Waals surface area contributed by atoms with Gasteiger partial charge in [0.25, 0.3) is 0 Å². The van der Waals surface area contributed by atoms with Gasteiger partial charge in [0.2, 0.25) is 5.91 Å². The molecule has 0 saturated carbocycles. The molecule has 1 aromatic carbocycles. The predicted octanol–water partition coefficient (Wildman–Crippen LogP) is 3.21. The number of thiophene rings is 1. The van der Waals surface area contributed by atoms with Gasteiger partial charge in [0.1, 0.15) is 6.07 Å². The number of hydrogen-bond donors (Lipinski definition) is 1. The number of nitrogens with zero attached hydrogens (tertiary/aromatic N) is 2. The SMILES string of the molecule is CC(=O)N(C)Cc1ccccc1NCc1cc(C#N)cs1. The van der Waals surface area contributed by atoms with Crippen molar-refractivity contribution in [2.75, 3.05) is 12.4 Å². The summed E-state index contributed by atoms with van der Waals surface area (Å²) in [5.74, 6) is 0.0433.